The second kappa shape index (κ2) is 5.82. The summed E-state index contributed by atoms with van der Waals surface area (Å²) in [6.07, 6.45) is 4.85. The van der Waals surface area contributed by atoms with E-state index in [1.54, 1.807) is 42.9 Å². The number of pyridine rings is 2. The van der Waals surface area contributed by atoms with E-state index in [1.165, 1.54) is 0 Å². The predicted molar refractivity (Wildman–Crippen MR) is 99.0 cm³/mol. The molecule has 0 aliphatic rings. The number of hydrogen-bond donors (Lipinski definition) is 1. The van der Waals surface area contributed by atoms with E-state index >= 15 is 0 Å². The van der Waals surface area contributed by atoms with Crippen molar-refractivity contribution in [2.24, 2.45) is 0 Å². The summed E-state index contributed by atoms with van der Waals surface area (Å²) in [6, 6.07) is 14.5. The van der Waals surface area contributed by atoms with Crippen LogP contribution in [0.1, 0.15) is 5.56 Å². The molecule has 0 saturated heterocycles. The number of nitrogens with one attached hydrogen (secondary N) is 1. The van der Waals surface area contributed by atoms with Gasteiger partial charge in [-0.3, -0.25) is 9.71 Å². The number of benzene rings is 2. The summed E-state index contributed by atoms with van der Waals surface area (Å²) in [5.41, 5.74) is 1.13. The average Bonchev–Trinajstić information content (AvgIpc) is 2.61. The number of rotatable bonds is 3. The Bertz CT molecular complexity index is 1200. The third-order valence-corrected chi connectivity index (χ3v) is 5.41. The maximum atomic E-state index is 12.8. The molecule has 2 aromatic heterocycles. The van der Waals surface area contributed by atoms with Crippen LogP contribution in [0.25, 0.3) is 21.5 Å². The molecule has 2 heterocycles. The van der Waals surface area contributed by atoms with Crippen molar-refractivity contribution in [1.29, 1.82) is 0 Å². The summed E-state index contributed by atoms with van der Waals surface area (Å²) in [7, 11) is -3.74. The van der Waals surface area contributed by atoms with Crippen LogP contribution in [0.4, 0.5) is 5.82 Å². The predicted octanol–water partition coefficient (Wildman–Crippen LogP) is 3.89. The van der Waals surface area contributed by atoms with E-state index < -0.39 is 10.0 Å². The van der Waals surface area contributed by atoms with E-state index in [0.29, 0.717) is 11.2 Å². The van der Waals surface area contributed by atoms with Crippen LogP contribution in [-0.2, 0) is 10.0 Å². The number of aryl methyl sites for hydroxylation is 1. The number of sulfonamides is 1. The number of nitrogens with zero attached hydrogens (tertiary/aromatic N) is 2. The summed E-state index contributed by atoms with van der Waals surface area (Å²) in [5, 5.41) is 3.42. The second-order valence-electron chi connectivity index (χ2n) is 5.87. The highest BCUT2D eigenvalue weighted by Crippen LogP contribution is 2.25. The van der Waals surface area contributed by atoms with E-state index in [0.717, 1.165) is 21.7 Å². The number of fused-ring (bicyclic) bond motifs is 2. The molecule has 0 unspecified atom stereocenters. The first-order valence-electron chi connectivity index (χ1n) is 7.75. The van der Waals surface area contributed by atoms with Gasteiger partial charge >= 0.3 is 0 Å². The quantitative estimate of drug-likeness (QED) is 0.609. The fourth-order valence-corrected chi connectivity index (χ4v) is 3.86. The fraction of sp³-hybridized carbons (Fsp3) is 0.0526. The summed E-state index contributed by atoms with van der Waals surface area (Å²) in [5.74, 6) is 0.295. The van der Waals surface area contributed by atoms with Gasteiger partial charge < -0.3 is 0 Å². The van der Waals surface area contributed by atoms with Gasteiger partial charge in [-0.1, -0.05) is 29.8 Å². The minimum atomic E-state index is -3.74. The Hall–Kier alpha value is -2.99. The lowest BCUT2D eigenvalue weighted by Gasteiger charge is -2.10. The first-order chi connectivity index (χ1) is 12.0. The smallest absolute Gasteiger partial charge is 0.263 e. The Morgan fingerprint density at radius 1 is 0.880 bits per heavy atom. The molecule has 0 aliphatic carbocycles. The molecule has 25 heavy (non-hydrogen) atoms. The van der Waals surface area contributed by atoms with Crippen LogP contribution in [-0.4, -0.2) is 18.4 Å². The third-order valence-electron chi connectivity index (χ3n) is 4.07. The highest BCUT2D eigenvalue weighted by atomic mass is 32.2. The van der Waals surface area contributed by atoms with Gasteiger partial charge in [0.2, 0.25) is 0 Å². The molecule has 0 atom stereocenters. The van der Waals surface area contributed by atoms with Gasteiger partial charge in [-0.2, -0.15) is 0 Å². The van der Waals surface area contributed by atoms with Crippen molar-refractivity contribution in [3.63, 3.8) is 0 Å². The fourth-order valence-electron chi connectivity index (χ4n) is 2.79. The lowest BCUT2D eigenvalue weighted by atomic mass is 10.1. The van der Waals surface area contributed by atoms with Crippen molar-refractivity contribution in [3.05, 3.63) is 72.7 Å². The molecule has 6 heteroatoms. The van der Waals surface area contributed by atoms with E-state index in [-0.39, 0.29) is 4.90 Å². The van der Waals surface area contributed by atoms with Crippen LogP contribution in [0.15, 0.2) is 72.0 Å². The van der Waals surface area contributed by atoms with E-state index in [2.05, 4.69) is 14.7 Å². The van der Waals surface area contributed by atoms with Crippen molar-refractivity contribution in [2.75, 3.05) is 4.72 Å². The summed E-state index contributed by atoms with van der Waals surface area (Å²) in [6.45, 7) is 2.01. The van der Waals surface area contributed by atoms with Crippen molar-refractivity contribution >= 4 is 37.4 Å². The number of anilines is 1. The normalized spacial score (nSPS) is 11.7. The van der Waals surface area contributed by atoms with Crippen molar-refractivity contribution in [1.82, 2.24) is 9.97 Å². The average molecular weight is 349 g/mol. The number of aromatic nitrogens is 2. The maximum Gasteiger partial charge on any atom is 0.263 e. The highest BCUT2D eigenvalue weighted by Gasteiger charge is 2.17. The summed E-state index contributed by atoms with van der Waals surface area (Å²) >= 11 is 0. The SMILES string of the molecule is Cc1ccc2cc(S(=O)(=O)Nc3nccc4cnccc34)ccc2c1. The molecular weight excluding hydrogens is 334 g/mol. The topological polar surface area (TPSA) is 72.0 Å². The highest BCUT2D eigenvalue weighted by molar-refractivity contribution is 7.92. The molecular formula is C19H15N3O2S. The molecule has 4 aromatic rings. The zero-order chi connectivity index (χ0) is 17.4. The minimum Gasteiger partial charge on any atom is -0.264 e. The largest absolute Gasteiger partial charge is 0.264 e. The minimum absolute atomic E-state index is 0.205. The van der Waals surface area contributed by atoms with Crippen molar-refractivity contribution in [2.45, 2.75) is 11.8 Å². The van der Waals surface area contributed by atoms with Gasteiger partial charge in [0.25, 0.3) is 10.0 Å². The Balaban J connectivity index is 1.78. The molecule has 2 aromatic carbocycles. The van der Waals surface area contributed by atoms with Gasteiger partial charge in [0.05, 0.1) is 4.90 Å². The van der Waals surface area contributed by atoms with Crippen molar-refractivity contribution < 1.29 is 8.42 Å². The lowest BCUT2D eigenvalue weighted by molar-refractivity contribution is 0.601. The van der Waals surface area contributed by atoms with Gasteiger partial charge in [-0.05, 0) is 42.0 Å². The Morgan fingerprint density at radius 2 is 1.68 bits per heavy atom. The summed E-state index contributed by atoms with van der Waals surface area (Å²) < 4.78 is 28.2. The Kier molecular flexibility index (Phi) is 3.62. The van der Waals surface area contributed by atoms with E-state index in [4.69, 9.17) is 0 Å². The van der Waals surface area contributed by atoms with Gasteiger partial charge in [-0.15, -0.1) is 0 Å². The van der Waals surface area contributed by atoms with Crippen LogP contribution >= 0.6 is 0 Å². The van der Waals surface area contributed by atoms with Gasteiger partial charge in [0.15, 0.2) is 0 Å². The molecule has 0 amide bonds. The van der Waals surface area contributed by atoms with Crippen LogP contribution in [0.3, 0.4) is 0 Å². The molecule has 5 nitrogen and oxygen atoms in total. The zero-order valence-corrected chi connectivity index (χ0v) is 14.3. The van der Waals surface area contributed by atoms with Crippen molar-refractivity contribution in [3.8, 4) is 0 Å². The number of hydrogen-bond acceptors (Lipinski definition) is 4. The molecule has 4 rings (SSSR count). The molecule has 0 aliphatic heterocycles. The third kappa shape index (κ3) is 2.92. The molecule has 0 bridgehead atoms. The zero-order valence-electron chi connectivity index (χ0n) is 13.5. The monoisotopic (exact) mass is 349 g/mol. The molecule has 124 valence electrons. The van der Waals surface area contributed by atoms with Gasteiger partial charge in [-0.25, -0.2) is 13.4 Å². The summed E-state index contributed by atoms with van der Waals surface area (Å²) in [4.78, 5) is 8.42. The Labute approximate surface area is 145 Å². The lowest BCUT2D eigenvalue weighted by Crippen LogP contribution is -2.14. The van der Waals surface area contributed by atoms with Crippen LogP contribution < -0.4 is 4.72 Å². The first-order valence-corrected chi connectivity index (χ1v) is 9.23. The maximum absolute atomic E-state index is 12.8. The first kappa shape index (κ1) is 15.5. The molecule has 0 radical (unpaired) electrons. The molecule has 1 N–H and O–H groups in total. The van der Waals surface area contributed by atoms with Crippen LogP contribution in [0.2, 0.25) is 0 Å². The van der Waals surface area contributed by atoms with E-state index in [1.807, 2.05) is 31.2 Å². The van der Waals surface area contributed by atoms with Crippen LogP contribution in [0.5, 0.6) is 0 Å². The second-order valence-corrected chi connectivity index (χ2v) is 7.56. The van der Waals surface area contributed by atoms with E-state index in [9.17, 15) is 8.42 Å². The molecule has 0 fully saturated rings. The molecule has 0 spiro atoms. The van der Waals surface area contributed by atoms with Crippen LogP contribution in [0, 0.1) is 6.92 Å². The Morgan fingerprint density at radius 3 is 2.56 bits per heavy atom. The van der Waals surface area contributed by atoms with Gasteiger partial charge in [0, 0.05) is 29.4 Å². The standard InChI is InChI=1S/C19H15N3O2S/c1-13-2-3-15-11-17(5-4-14(15)10-13)25(23,24)22-19-18-7-8-20-12-16(18)6-9-21-19/h2-12H,1H3,(H,21,22). The molecule has 0 saturated carbocycles. The van der Waals surface area contributed by atoms with Gasteiger partial charge in [0.1, 0.15) is 5.82 Å².